The Hall–Kier alpha value is -1.06. The van der Waals surface area contributed by atoms with Gasteiger partial charge in [0, 0.05) is 7.11 Å². The molecule has 2 N–H and O–H groups in total. The van der Waals surface area contributed by atoms with Crippen molar-refractivity contribution >= 4 is 0 Å². The van der Waals surface area contributed by atoms with Gasteiger partial charge in [-0.1, -0.05) is 32.9 Å². The smallest absolute Gasteiger partial charge is 0.123 e. The van der Waals surface area contributed by atoms with Crippen molar-refractivity contribution in [3.8, 4) is 5.75 Å². The lowest BCUT2D eigenvalue weighted by Gasteiger charge is -2.23. The molecule has 3 nitrogen and oxygen atoms in total. The Balaban J connectivity index is 2.94. The molecule has 0 heterocycles. The maximum atomic E-state index is 5.86. The van der Waals surface area contributed by atoms with Crippen LogP contribution in [-0.4, -0.2) is 20.3 Å². The van der Waals surface area contributed by atoms with Gasteiger partial charge in [0.25, 0.3) is 0 Å². The van der Waals surface area contributed by atoms with Crippen molar-refractivity contribution in [2.75, 3.05) is 20.3 Å². The quantitative estimate of drug-likeness (QED) is 0.791. The van der Waals surface area contributed by atoms with E-state index in [0.29, 0.717) is 19.8 Å². The first-order valence-electron chi connectivity index (χ1n) is 6.44. The highest BCUT2D eigenvalue weighted by atomic mass is 16.5. The van der Waals surface area contributed by atoms with E-state index in [1.54, 1.807) is 7.11 Å². The van der Waals surface area contributed by atoms with Crippen LogP contribution in [0.2, 0.25) is 0 Å². The average Bonchev–Trinajstić information content (AvgIpc) is 2.28. The molecule has 0 atom stereocenters. The van der Waals surface area contributed by atoms with Crippen LogP contribution in [0.4, 0.5) is 0 Å². The zero-order valence-corrected chi connectivity index (χ0v) is 12.0. The summed E-state index contributed by atoms with van der Waals surface area (Å²) in [6, 6.07) is 6.30. The van der Waals surface area contributed by atoms with Gasteiger partial charge in [-0.15, -0.1) is 0 Å². The van der Waals surface area contributed by atoms with Crippen LogP contribution in [0.25, 0.3) is 0 Å². The van der Waals surface area contributed by atoms with E-state index >= 15 is 0 Å². The highest BCUT2D eigenvalue weighted by molar-refractivity contribution is 5.41. The molecule has 0 aromatic heterocycles. The molecule has 3 heteroatoms. The third-order valence-electron chi connectivity index (χ3n) is 2.77. The Kier molecular flexibility index (Phi) is 5.63. The summed E-state index contributed by atoms with van der Waals surface area (Å²) in [4.78, 5) is 0. The van der Waals surface area contributed by atoms with Gasteiger partial charge in [0.05, 0.1) is 13.2 Å². The second-order valence-corrected chi connectivity index (χ2v) is 5.50. The Morgan fingerprint density at radius 2 is 1.94 bits per heavy atom. The summed E-state index contributed by atoms with van der Waals surface area (Å²) in [6.07, 6.45) is 0.873. The van der Waals surface area contributed by atoms with Crippen molar-refractivity contribution in [2.24, 2.45) is 5.73 Å². The van der Waals surface area contributed by atoms with Crippen LogP contribution in [0, 0.1) is 0 Å². The van der Waals surface area contributed by atoms with Crippen LogP contribution >= 0.6 is 0 Å². The monoisotopic (exact) mass is 251 g/mol. The maximum absolute atomic E-state index is 5.86. The lowest BCUT2D eigenvalue weighted by Crippen LogP contribution is -2.15. The SMILES string of the molecule is COCc1ccc(C(C)(C)C)c(OCCCN)c1. The number of methoxy groups -OCH3 is 1. The Bertz CT molecular complexity index is 369. The molecule has 1 aromatic rings. The standard InChI is InChI=1S/C15H25NO2/c1-15(2,3)13-7-6-12(11-17-4)10-14(13)18-9-5-8-16/h6-7,10H,5,8-9,11,16H2,1-4H3. The molecule has 0 unspecified atom stereocenters. The number of nitrogens with two attached hydrogens (primary N) is 1. The van der Waals surface area contributed by atoms with Gasteiger partial charge < -0.3 is 15.2 Å². The van der Waals surface area contributed by atoms with Gasteiger partial charge in [-0.25, -0.2) is 0 Å². The summed E-state index contributed by atoms with van der Waals surface area (Å²) >= 11 is 0. The van der Waals surface area contributed by atoms with Gasteiger partial charge in [0.15, 0.2) is 0 Å². The summed E-state index contributed by atoms with van der Waals surface area (Å²) < 4.78 is 11.0. The van der Waals surface area contributed by atoms with E-state index in [4.69, 9.17) is 15.2 Å². The van der Waals surface area contributed by atoms with Crippen LogP contribution in [0.1, 0.15) is 38.3 Å². The van der Waals surface area contributed by atoms with E-state index in [-0.39, 0.29) is 5.41 Å². The van der Waals surface area contributed by atoms with Crippen LogP contribution in [0.5, 0.6) is 5.75 Å². The van der Waals surface area contributed by atoms with Crippen LogP contribution < -0.4 is 10.5 Å². The molecule has 0 spiro atoms. The molecule has 18 heavy (non-hydrogen) atoms. The topological polar surface area (TPSA) is 44.5 Å². The van der Waals surface area contributed by atoms with E-state index in [2.05, 4.69) is 39.0 Å². The van der Waals surface area contributed by atoms with Crippen LogP contribution in [-0.2, 0) is 16.8 Å². The second kappa shape index (κ2) is 6.76. The van der Waals surface area contributed by atoms with Crippen LogP contribution in [0.15, 0.2) is 18.2 Å². The van der Waals surface area contributed by atoms with Crippen LogP contribution in [0.3, 0.4) is 0 Å². The Labute approximate surface area is 110 Å². The van der Waals surface area contributed by atoms with Gasteiger partial charge in [0.2, 0.25) is 0 Å². The zero-order valence-electron chi connectivity index (χ0n) is 12.0. The third-order valence-corrected chi connectivity index (χ3v) is 2.77. The minimum atomic E-state index is 0.0731. The van der Waals surface area contributed by atoms with Gasteiger partial charge in [-0.3, -0.25) is 0 Å². The van der Waals surface area contributed by atoms with E-state index in [1.165, 1.54) is 5.56 Å². The van der Waals surface area contributed by atoms with Crippen molar-refractivity contribution in [3.05, 3.63) is 29.3 Å². The molecule has 1 rings (SSSR count). The molecule has 0 saturated carbocycles. The highest BCUT2D eigenvalue weighted by Crippen LogP contribution is 2.32. The molecular formula is C15H25NO2. The molecule has 102 valence electrons. The number of rotatable bonds is 6. The summed E-state index contributed by atoms with van der Waals surface area (Å²) in [5.74, 6) is 0.950. The molecular weight excluding hydrogens is 226 g/mol. The van der Waals surface area contributed by atoms with Crippen molar-refractivity contribution in [3.63, 3.8) is 0 Å². The number of hydrogen-bond donors (Lipinski definition) is 1. The molecule has 0 fully saturated rings. The lowest BCUT2D eigenvalue weighted by atomic mass is 9.86. The first-order valence-corrected chi connectivity index (χ1v) is 6.44. The van der Waals surface area contributed by atoms with Gasteiger partial charge in [-0.05, 0) is 35.6 Å². The summed E-state index contributed by atoms with van der Waals surface area (Å²) in [6.45, 7) is 8.49. The fourth-order valence-corrected chi connectivity index (χ4v) is 1.83. The van der Waals surface area contributed by atoms with E-state index in [0.717, 1.165) is 17.7 Å². The normalized spacial score (nSPS) is 11.6. The maximum Gasteiger partial charge on any atom is 0.123 e. The lowest BCUT2D eigenvalue weighted by molar-refractivity contribution is 0.184. The van der Waals surface area contributed by atoms with Crippen molar-refractivity contribution in [1.29, 1.82) is 0 Å². The fourth-order valence-electron chi connectivity index (χ4n) is 1.83. The molecule has 0 aliphatic rings. The van der Waals surface area contributed by atoms with Crippen molar-refractivity contribution in [1.82, 2.24) is 0 Å². The van der Waals surface area contributed by atoms with Crippen molar-refractivity contribution in [2.45, 2.75) is 39.2 Å². The molecule has 1 aromatic carbocycles. The summed E-state index contributed by atoms with van der Waals surface area (Å²) in [5.41, 5.74) is 7.92. The number of benzene rings is 1. The summed E-state index contributed by atoms with van der Waals surface area (Å²) in [7, 11) is 1.70. The largest absolute Gasteiger partial charge is 0.493 e. The molecule has 0 aliphatic heterocycles. The first-order chi connectivity index (χ1) is 8.49. The molecule has 0 saturated heterocycles. The molecule has 0 radical (unpaired) electrons. The van der Waals surface area contributed by atoms with Gasteiger partial charge >= 0.3 is 0 Å². The Morgan fingerprint density at radius 1 is 1.22 bits per heavy atom. The fraction of sp³-hybridized carbons (Fsp3) is 0.600. The number of ether oxygens (including phenoxy) is 2. The van der Waals surface area contributed by atoms with E-state index in [1.807, 2.05) is 0 Å². The average molecular weight is 251 g/mol. The van der Waals surface area contributed by atoms with E-state index in [9.17, 15) is 0 Å². The first kappa shape index (κ1) is 15.0. The predicted molar refractivity (Wildman–Crippen MR) is 75.0 cm³/mol. The minimum absolute atomic E-state index is 0.0731. The van der Waals surface area contributed by atoms with E-state index < -0.39 is 0 Å². The number of hydrogen-bond acceptors (Lipinski definition) is 3. The molecule has 0 aliphatic carbocycles. The molecule has 0 bridgehead atoms. The van der Waals surface area contributed by atoms with Crippen molar-refractivity contribution < 1.29 is 9.47 Å². The van der Waals surface area contributed by atoms with Gasteiger partial charge in [-0.2, -0.15) is 0 Å². The minimum Gasteiger partial charge on any atom is -0.493 e. The highest BCUT2D eigenvalue weighted by Gasteiger charge is 2.19. The molecule has 0 amide bonds. The van der Waals surface area contributed by atoms with Gasteiger partial charge in [0.1, 0.15) is 5.75 Å². The third kappa shape index (κ3) is 4.31. The summed E-state index contributed by atoms with van der Waals surface area (Å²) in [5, 5.41) is 0. The second-order valence-electron chi connectivity index (χ2n) is 5.50. The Morgan fingerprint density at radius 3 is 2.50 bits per heavy atom. The predicted octanol–water partition coefficient (Wildman–Crippen LogP) is 2.86. The zero-order chi connectivity index (χ0) is 13.6.